The van der Waals surface area contributed by atoms with Crippen LogP contribution in [0.3, 0.4) is 0 Å². The van der Waals surface area contributed by atoms with Crippen molar-refractivity contribution in [1.29, 1.82) is 0 Å². The maximum absolute atomic E-state index is 4.38. The average Bonchev–Trinajstić information content (AvgIpc) is 2.45. The van der Waals surface area contributed by atoms with Gasteiger partial charge in [0.05, 0.1) is 5.69 Å². The summed E-state index contributed by atoms with van der Waals surface area (Å²) in [5, 5.41) is 0. The number of rotatable bonds is 4. The van der Waals surface area contributed by atoms with Crippen LogP contribution in [0.4, 0.5) is 5.69 Å². The van der Waals surface area contributed by atoms with Crippen molar-refractivity contribution in [2.24, 2.45) is 4.99 Å². The molecule has 0 N–H and O–H groups in total. The maximum Gasteiger partial charge on any atom is 0.0630 e. The molecular formula is C16H15NS. The fourth-order valence-electron chi connectivity index (χ4n) is 1.52. The lowest BCUT2D eigenvalue weighted by Crippen LogP contribution is -1.71. The Morgan fingerprint density at radius 1 is 0.944 bits per heavy atom. The molecule has 18 heavy (non-hydrogen) atoms. The Kier molecular flexibility index (Phi) is 4.79. The number of aliphatic imine (C=N–C) groups is 1. The second kappa shape index (κ2) is 6.82. The zero-order valence-corrected chi connectivity index (χ0v) is 11.1. The molecule has 0 spiro atoms. The van der Waals surface area contributed by atoms with Crippen molar-refractivity contribution < 1.29 is 0 Å². The van der Waals surface area contributed by atoms with Crippen LogP contribution >= 0.6 is 11.8 Å². The lowest BCUT2D eigenvalue weighted by molar-refractivity contribution is 1.43. The first-order chi connectivity index (χ1) is 8.88. The van der Waals surface area contributed by atoms with E-state index in [1.165, 1.54) is 10.5 Å². The molecule has 0 radical (unpaired) electrons. The van der Waals surface area contributed by atoms with Gasteiger partial charge in [-0.15, -0.1) is 11.8 Å². The molecule has 0 unspecified atom stereocenters. The van der Waals surface area contributed by atoms with E-state index < -0.39 is 0 Å². The Hall–Kier alpha value is -1.80. The topological polar surface area (TPSA) is 12.4 Å². The molecule has 0 fully saturated rings. The third-order valence-corrected chi connectivity index (χ3v) is 3.21. The van der Waals surface area contributed by atoms with Crippen molar-refractivity contribution in [2.45, 2.75) is 4.90 Å². The van der Waals surface area contributed by atoms with Gasteiger partial charge < -0.3 is 0 Å². The van der Waals surface area contributed by atoms with E-state index in [1.807, 2.05) is 48.7 Å². The monoisotopic (exact) mass is 253 g/mol. The van der Waals surface area contributed by atoms with Crippen LogP contribution in [0.1, 0.15) is 5.56 Å². The van der Waals surface area contributed by atoms with Crippen molar-refractivity contribution in [3.05, 3.63) is 66.2 Å². The fourth-order valence-corrected chi connectivity index (χ4v) is 1.92. The number of thioether (sulfide) groups is 1. The first kappa shape index (κ1) is 12.7. The van der Waals surface area contributed by atoms with E-state index in [0.29, 0.717) is 0 Å². The smallest absolute Gasteiger partial charge is 0.0630 e. The molecule has 0 aliphatic heterocycles. The Bertz CT molecular complexity index is 527. The lowest BCUT2D eigenvalue weighted by atomic mass is 10.2. The highest BCUT2D eigenvalue weighted by molar-refractivity contribution is 7.98. The second-order valence-electron chi connectivity index (χ2n) is 3.75. The summed E-state index contributed by atoms with van der Waals surface area (Å²) in [6.45, 7) is 0. The van der Waals surface area contributed by atoms with Crippen LogP contribution in [0.5, 0.6) is 0 Å². The third kappa shape index (κ3) is 3.90. The highest BCUT2D eigenvalue weighted by Crippen LogP contribution is 2.18. The van der Waals surface area contributed by atoms with Crippen LogP contribution in [-0.4, -0.2) is 12.5 Å². The molecule has 0 bridgehead atoms. The number of nitrogens with zero attached hydrogens (tertiary/aromatic N) is 1. The Morgan fingerprint density at radius 2 is 1.67 bits per heavy atom. The molecule has 2 aromatic carbocycles. The minimum absolute atomic E-state index is 0.977. The van der Waals surface area contributed by atoms with Gasteiger partial charge in [0.2, 0.25) is 0 Å². The van der Waals surface area contributed by atoms with Crippen LogP contribution in [-0.2, 0) is 0 Å². The number of hydrogen-bond donors (Lipinski definition) is 0. The molecule has 2 heteroatoms. The van der Waals surface area contributed by atoms with E-state index in [0.717, 1.165) is 5.69 Å². The molecule has 0 aliphatic rings. The van der Waals surface area contributed by atoms with E-state index in [4.69, 9.17) is 0 Å². The Balaban J connectivity index is 1.96. The molecule has 0 heterocycles. The largest absolute Gasteiger partial charge is 0.257 e. The SMILES string of the molecule is CSc1ccc(N=C/C=C\c2ccccc2)cc1. The molecule has 0 amide bonds. The van der Waals surface area contributed by atoms with Gasteiger partial charge in [0.25, 0.3) is 0 Å². The van der Waals surface area contributed by atoms with E-state index in [9.17, 15) is 0 Å². The number of allylic oxidation sites excluding steroid dienone is 1. The predicted octanol–water partition coefficient (Wildman–Crippen LogP) is 4.82. The molecule has 0 atom stereocenters. The van der Waals surface area contributed by atoms with Gasteiger partial charge in [-0.25, -0.2) is 0 Å². The molecule has 0 saturated heterocycles. The summed E-state index contributed by atoms with van der Waals surface area (Å²) < 4.78 is 0. The summed E-state index contributed by atoms with van der Waals surface area (Å²) >= 11 is 1.74. The summed E-state index contributed by atoms with van der Waals surface area (Å²) in [4.78, 5) is 5.63. The standard InChI is InChI=1S/C16H15NS/c1-18-16-11-9-15(10-12-16)17-13-5-8-14-6-3-2-4-7-14/h2-13H,1H3/b8-5-,17-13?. The summed E-state index contributed by atoms with van der Waals surface area (Å²) in [5.74, 6) is 0. The van der Waals surface area contributed by atoms with Crippen LogP contribution in [0, 0.1) is 0 Å². The van der Waals surface area contributed by atoms with Gasteiger partial charge in [-0.3, -0.25) is 4.99 Å². The van der Waals surface area contributed by atoms with Crippen LogP contribution in [0.15, 0.2) is 70.6 Å². The minimum Gasteiger partial charge on any atom is -0.257 e. The van der Waals surface area contributed by atoms with Crippen molar-refractivity contribution in [1.82, 2.24) is 0 Å². The van der Waals surface area contributed by atoms with Gasteiger partial charge in [-0.2, -0.15) is 0 Å². The normalized spacial score (nSPS) is 11.4. The lowest BCUT2D eigenvalue weighted by Gasteiger charge is -1.95. The van der Waals surface area contributed by atoms with Crippen LogP contribution in [0.25, 0.3) is 6.08 Å². The van der Waals surface area contributed by atoms with Crippen molar-refractivity contribution in [3.63, 3.8) is 0 Å². The van der Waals surface area contributed by atoms with Crippen molar-refractivity contribution in [3.8, 4) is 0 Å². The molecule has 0 aliphatic carbocycles. The predicted molar refractivity (Wildman–Crippen MR) is 81.9 cm³/mol. The van der Waals surface area contributed by atoms with Gasteiger partial charge in [0.1, 0.15) is 0 Å². The highest BCUT2D eigenvalue weighted by Gasteiger charge is 1.89. The van der Waals surface area contributed by atoms with Gasteiger partial charge >= 0.3 is 0 Å². The third-order valence-electron chi connectivity index (χ3n) is 2.47. The van der Waals surface area contributed by atoms with Gasteiger partial charge in [-0.1, -0.05) is 36.4 Å². The molecule has 0 saturated carbocycles. The van der Waals surface area contributed by atoms with Crippen LogP contribution < -0.4 is 0 Å². The average molecular weight is 253 g/mol. The van der Waals surface area contributed by atoms with Crippen molar-refractivity contribution in [2.75, 3.05) is 6.26 Å². The Morgan fingerprint density at radius 3 is 2.33 bits per heavy atom. The van der Waals surface area contributed by atoms with Crippen molar-refractivity contribution >= 4 is 29.7 Å². The first-order valence-electron chi connectivity index (χ1n) is 5.78. The quantitative estimate of drug-likeness (QED) is 0.562. The van der Waals surface area contributed by atoms with E-state index >= 15 is 0 Å². The molecule has 1 nitrogen and oxygen atoms in total. The molecule has 90 valence electrons. The maximum atomic E-state index is 4.38. The summed E-state index contributed by atoms with van der Waals surface area (Å²) in [6, 6.07) is 18.4. The Labute approximate surface area is 112 Å². The highest BCUT2D eigenvalue weighted by atomic mass is 32.2. The summed E-state index contributed by atoms with van der Waals surface area (Å²) in [7, 11) is 0. The van der Waals surface area contributed by atoms with Crippen LogP contribution in [0.2, 0.25) is 0 Å². The number of hydrogen-bond acceptors (Lipinski definition) is 2. The fraction of sp³-hybridized carbons (Fsp3) is 0.0625. The second-order valence-corrected chi connectivity index (χ2v) is 4.63. The number of benzene rings is 2. The zero-order valence-electron chi connectivity index (χ0n) is 10.3. The summed E-state index contributed by atoms with van der Waals surface area (Å²) in [5.41, 5.74) is 2.16. The molecule has 2 aromatic rings. The van der Waals surface area contributed by atoms with Gasteiger partial charge in [0.15, 0.2) is 0 Å². The van der Waals surface area contributed by atoms with E-state index in [-0.39, 0.29) is 0 Å². The van der Waals surface area contributed by atoms with Gasteiger partial charge in [-0.05, 0) is 42.2 Å². The molecular weight excluding hydrogens is 238 g/mol. The minimum atomic E-state index is 0.977. The summed E-state index contributed by atoms with van der Waals surface area (Å²) in [6.07, 6.45) is 7.89. The molecule has 2 rings (SSSR count). The first-order valence-corrected chi connectivity index (χ1v) is 7.01. The van der Waals surface area contributed by atoms with Gasteiger partial charge in [0, 0.05) is 11.1 Å². The molecule has 0 aromatic heterocycles. The van der Waals surface area contributed by atoms with E-state index in [2.05, 4.69) is 35.5 Å². The zero-order chi connectivity index (χ0) is 12.6. The van der Waals surface area contributed by atoms with E-state index in [1.54, 1.807) is 11.8 Å².